The predicted molar refractivity (Wildman–Crippen MR) is 76.3 cm³/mol. The number of hydrogen-bond donors (Lipinski definition) is 3. The van der Waals surface area contributed by atoms with E-state index in [9.17, 15) is 18.0 Å². The van der Waals surface area contributed by atoms with Crippen LogP contribution >= 0.6 is 15.9 Å². The predicted octanol–water partition coefficient (Wildman–Crippen LogP) is -0.0725. The van der Waals surface area contributed by atoms with E-state index in [2.05, 4.69) is 20.7 Å². The second-order valence-corrected chi connectivity index (χ2v) is 6.46. The highest BCUT2D eigenvalue weighted by atomic mass is 79.9. The van der Waals surface area contributed by atoms with E-state index < -0.39 is 21.9 Å². The van der Waals surface area contributed by atoms with Crippen molar-refractivity contribution in [2.24, 2.45) is 5.73 Å². The van der Waals surface area contributed by atoms with Gasteiger partial charge in [0.05, 0.1) is 17.1 Å². The first-order valence-corrected chi connectivity index (χ1v) is 7.90. The Balaban J connectivity index is 2.70. The maximum atomic E-state index is 12.0. The number of amides is 1. The molecule has 4 N–H and O–H groups in total. The van der Waals surface area contributed by atoms with Gasteiger partial charge in [0.1, 0.15) is 6.61 Å². The van der Waals surface area contributed by atoms with E-state index in [4.69, 9.17) is 15.6 Å². The van der Waals surface area contributed by atoms with Gasteiger partial charge in [0.15, 0.2) is 0 Å². The summed E-state index contributed by atoms with van der Waals surface area (Å²) >= 11 is 3.02. The van der Waals surface area contributed by atoms with Gasteiger partial charge in [-0.2, -0.15) is 0 Å². The number of carboxylic acid groups (broad SMARTS) is 1. The van der Waals surface area contributed by atoms with E-state index in [0.717, 1.165) is 0 Å². The molecule has 1 aromatic carbocycles. The molecule has 21 heavy (non-hydrogen) atoms. The number of hydrogen-bond acceptors (Lipinski definition) is 5. The summed E-state index contributed by atoms with van der Waals surface area (Å²) in [5, 5.41) is 8.81. The second-order valence-electron chi connectivity index (χ2n) is 3.87. The molecule has 1 rings (SSSR count). The van der Waals surface area contributed by atoms with Crippen LogP contribution in [0, 0.1) is 0 Å². The zero-order chi connectivity index (χ0) is 16.0. The Morgan fingerprint density at radius 2 is 2.05 bits per heavy atom. The molecule has 0 spiro atoms. The van der Waals surface area contributed by atoms with Crippen molar-refractivity contribution >= 4 is 37.8 Å². The zero-order valence-corrected chi connectivity index (χ0v) is 13.1. The van der Waals surface area contributed by atoms with Gasteiger partial charge < -0.3 is 15.6 Å². The van der Waals surface area contributed by atoms with Crippen molar-refractivity contribution < 1.29 is 27.9 Å². The van der Waals surface area contributed by atoms with Crippen LogP contribution in [-0.2, 0) is 19.6 Å². The lowest BCUT2D eigenvalue weighted by molar-refractivity contribution is -0.122. The Morgan fingerprint density at radius 3 is 2.57 bits per heavy atom. The Labute approximate surface area is 129 Å². The van der Waals surface area contributed by atoms with E-state index in [0.29, 0.717) is 0 Å². The number of sulfonamides is 1. The van der Waals surface area contributed by atoms with Gasteiger partial charge in [-0.05, 0) is 34.1 Å². The minimum absolute atomic E-state index is 0.0208. The van der Waals surface area contributed by atoms with Gasteiger partial charge in [0.2, 0.25) is 15.9 Å². The third kappa shape index (κ3) is 5.42. The summed E-state index contributed by atoms with van der Waals surface area (Å²) < 4.78 is 31.2. The van der Waals surface area contributed by atoms with Crippen LogP contribution in [0.25, 0.3) is 0 Å². The molecule has 0 fully saturated rings. The van der Waals surface area contributed by atoms with Gasteiger partial charge in [0, 0.05) is 11.0 Å². The number of nitrogens with one attached hydrogen (secondary N) is 1. The smallest absolute Gasteiger partial charge is 0.335 e. The molecule has 0 saturated carbocycles. The number of carbonyl (C=O) groups is 2. The number of benzene rings is 1. The number of carbonyl (C=O) groups excluding carboxylic acids is 1. The molecule has 0 radical (unpaired) electrons. The molecule has 0 atom stereocenters. The second kappa shape index (κ2) is 7.50. The van der Waals surface area contributed by atoms with Gasteiger partial charge in [0.25, 0.3) is 0 Å². The third-order valence-corrected chi connectivity index (χ3v) is 4.69. The fourth-order valence-electron chi connectivity index (χ4n) is 1.35. The highest BCUT2D eigenvalue weighted by Crippen LogP contribution is 2.23. The lowest BCUT2D eigenvalue weighted by Gasteiger charge is -2.09. The Bertz CT molecular complexity index is 646. The summed E-state index contributed by atoms with van der Waals surface area (Å²) in [5.41, 5.74) is 4.82. The van der Waals surface area contributed by atoms with Crippen molar-refractivity contribution in [3.05, 3.63) is 28.2 Å². The maximum Gasteiger partial charge on any atom is 0.335 e. The Kier molecular flexibility index (Phi) is 6.27. The molecular weight excluding hydrogens is 368 g/mol. The molecule has 1 aromatic rings. The number of halogens is 1. The fourth-order valence-corrected chi connectivity index (χ4v) is 3.44. The maximum absolute atomic E-state index is 12.0. The first kappa shape index (κ1) is 17.6. The monoisotopic (exact) mass is 380 g/mol. The number of aromatic carboxylic acids is 1. The van der Waals surface area contributed by atoms with Gasteiger partial charge in [-0.1, -0.05) is 0 Å². The number of rotatable bonds is 8. The number of carboxylic acids is 1. The Morgan fingerprint density at radius 1 is 1.38 bits per heavy atom. The van der Waals surface area contributed by atoms with Crippen LogP contribution < -0.4 is 10.5 Å². The van der Waals surface area contributed by atoms with Crippen molar-refractivity contribution in [1.82, 2.24) is 4.72 Å². The van der Waals surface area contributed by atoms with Crippen molar-refractivity contribution in [2.75, 3.05) is 19.8 Å². The van der Waals surface area contributed by atoms with E-state index >= 15 is 0 Å². The van der Waals surface area contributed by atoms with E-state index in [1.807, 2.05) is 0 Å². The van der Waals surface area contributed by atoms with E-state index in [-0.39, 0.29) is 34.7 Å². The normalized spacial score (nSPS) is 11.3. The van der Waals surface area contributed by atoms with Gasteiger partial charge in [-0.25, -0.2) is 17.9 Å². The largest absolute Gasteiger partial charge is 0.478 e. The molecule has 116 valence electrons. The molecule has 0 unspecified atom stereocenters. The van der Waals surface area contributed by atoms with E-state index in [1.165, 1.54) is 18.2 Å². The lowest BCUT2D eigenvalue weighted by atomic mass is 10.2. The van der Waals surface area contributed by atoms with Gasteiger partial charge in [-0.3, -0.25) is 4.79 Å². The number of nitrogens with two attached hydrogens (primary N) is 1. The van der Waals surface area contributed by atoms with Crippen molar-refractivity contribution in [2.45, 2.75) is 4.90 Å². The van der Waals surface area contributed by atoms with Crippen molar-refractivity contribution in [1.29, 1.82) is 0 Å². The van der Waals surface area contributed by atoms with Crippen molar-refractivity contribution in [3.8, 4) is 0 Å². The molecule has 0 aromatic heterocycles. The highest BCUT2D eigenvalue weighted by molar-refractivity contribution is 9.10. The summed E-state index contributed by atoms with van der Waals surface area (Å²) in [7, 11) is -3.82. The van der Waals surface area contributed by atoms with Crippen LogP contribution in [0.2, 0.25) is 0 Å². The average molecular weight is 381 g/mol. The molecule has 1 amide bonds. The minimum atomic E-state index is -3.82. The first-order chi connectivity index (χ1) is 9.74. The average Bonchev–Trinajstić information content (AvgIpc) is 2.37. The van der Waals surface area contributed by atoms with Crippen LogP contribution in [0.1, 0.15) is 10.4 Å². The number of ether oxygens (including phenoxy) is 1. The molecule has 0 heterocycles. The lowest BCUT2D eigenvalue weighted by Crippen LogP contribution is -2.29. The molecule has 0 aliphatic rings. The molecule has 10 heteroatoms. The standard InChI is InChI=1S/C11H13BrN2O6S/c12-8-5-7(11(16)17)1-2-9(8)21(18,19)14-3-4-20-6-10(13)15/h1-2,5,14H,3-4,6H2,(H2,13,15)(H,16,17). The zero-order valence-electron chi connectivity index (χ0n) is 10.7. The molecule has 0 bridgehead atoms. The molecule has 0 saturated heterocycles. The highest BCUT2D eigenvalue weighted by Gasteiger charge is 2.18. The van der Waals surface area contributed by atoms with Crippen LogP contribution in [0.3, 0.4) is 0 Å². The minimum Gasteiger partial charge on any atom is -0.478 e. The topological polar surface area (TPSA) is 136 Å². The van der Waals surface area contributed by atoms with Crippen LogP contribution in [0.4, 0.5) is 0 Å². The molecule has 8 nitrogen and oxygen atoms in total. The van der Waals surface area contributed by atoms with Crippen LogP contribution in [0.15, 0.2) is 27.6 Å². The summed E-state index contributed by atoms with van der Waals surface area (Å²) in [6.07, 6.45) is 0. The molecule has 0 aliphatic heterocycles. The van der Waals surface area contributed by atoms with E-state index in [1.54, 1.807) is 0 Å². The Hall–Kier alpha value is -1.49. The summed E-state index contributed by atoms with van der Waals surface area (Å²) in [6.45, 7) is -0.367. The summed E-state index contributed by atoms with van der Waals surface area (Å²) in [6, 6.07) is 3.56. The van der Waals surface area contributed by atoms with Crippen LogP contribution in [-0.4, -0.2) is 45.2 Å². The van der Waals surface area contributed by atoms with Crippen molar-refractivity contribution in [3.63, 3.8) is 0 Å². The SMILES string of the molecule is NC(=O)COCCNS(=O)(=O)c1ccc(C(=O)O)cc1Br. The third-order valence-electron chi connectivity index (χ3n) is 2.25. The molecular formula is C11H13BrN2O6S. The quantitative estimate of drug-likeness (QED) is 0.540. The van der Waals surface area contributed by atoms with Gasteiger partial charge >= 0.3 is 5.97 Å². The first-order valence-electron chi connectivity index (χ1n) is 5.62. The molecule has 0 aliphatic carbocycles. The summed E-state index contributed by atoms with van der Waals surface area (Å²) in [5.74, 6) is -1.81. The van der Waals surface area contributed by atoms with Crippen LogP contribution in [0.5, 0.6) is 0 Å². The van der Waals surface area contributed by atoms with Gasteiger partial charge in [-0.15, -0.1) is 0 Å². The fraction of sp³-hybridized carbons (Fsp3) is 0.273. The number of primary amides is 1. The summed E-state index contributed by atoms with van der Waals surface area (Å²) in [4.78, 5) is 21.1.